The van der Waals surface area contributed by atoms with Crippen LogP contribution in [0.1, 0.15) is 48.3 Å². The third kappa shape index (κ3) is 3.79. The van der Waals surface area contributed by atoms with E-state index in [1.807, 2.05) is 44.2 Å². The van der Waals surface area contributed by atoms with E-state index in [-0.39, 0.29) is 11.5 Å². The largest absolute Gasteiger partial charge is 0.497 e. The molecule has 6 nitrogen and oxygen atoms in total. The van der Waals surface area contributed by atoms with Gasteiger partial charge in [-0.2, -0.15) is 0 Å². The molecule has 1 spiro atoms. The Labute approximate surface area is 177 Å². The Balaban J connectivity index is 1.74. The van der Waals surface area contributed by atoms with Gasteiger partial charge < -0.3 is 19.7 Å². The normalized spacial score (nSPS) is 17.0. The van der Waals surface area contributed by atoms with Crippen LogP contribution in [0.4, 0.5) is 0 Å². The summed E-state index contributed by atoms with van der Waals surface area (Å²) in [6.07, 6.45) is 5.85. The Hall–Kier alpha value is -2.86. The van der Waals surface area contributed by atoms with Crippen molar-refractivity contribution in [2.24, 2.45) is 0 Å². The summed E-state index contributed by atoms with van der Waals surface area (Å²) in [6.45, 7) is 7.14. The van der Waals surface area contributed by atoms with E-state index in [0.717, 1.165) is 54.1 Å². The topological polar surface area (TPSA) is 63.7 Å². The molecule has 0 atom stereocenters. The Bertz CT molecular complexity index is 943. The van der Waals surface area contributed by atoms with Gasteiger partial charge >= 0.3 is 0 Å². The summed E-state index contributed by atoms with van der Waals surface area (Å²) >= 11 is 0. The van der Waals surface area contributed by atoms with Gasteiger partial charge in [-0.15, -0.1) is 0 Å². The highest BCUT2D eigenvalue weighted by molar-refractivity contribution is 5.93. The average molecular weight is 408 g/mol. The molecule has 1 saturated heterocycles. The number of carbonyl (C=O) groups excluding carboxylic acids is 1. The Morgan fingerprint density at radius 3 is 2.60 bits per heavy atom. The maximum absolute atomic E-state index is 12.6. The number of pyridine rings is 1. The van der Waals surface area contributed by atoms with E-state index in [2.05, 4.69) is 16.4 Å². The van der Waals surface area contributed by atoms with Crippen LogP contribution < -0.4 is 14.8 Å². The van der Waals surface area contributed by atoms with Crippen LogP contribution in [-0.4, -0.2) is 54.7 Å². The SMILES string of the molecule is CCN(CC)C(=O)c1ccc(C2=CC3(CCNCC3)Oc3ccc(OC)cc32)cn1. The molecule has 1 fully saturated rings. The van der Waals surface area contributed by atoms with Crippen molar-refractivity contribution in [2.45, 2.75) is 32.3 Å². The summed E-state index contributed by atoms with van der Waals surface area (Å²) in [4.78, 5) is 18.9. The zero-order chi connectivity index (χ0) is 21.1. The second-order valence-electron chi connectivity index (χ2n) is 7.75. The van der Waals surface area contributed by atoms with Gasteiger partial charge in [0.15, 0.2) is 0 Å². The lowest BCUT2D eigenvalue weighted by atomic mass is 9.83. The summed E-state index contributed by atoms with van der Waals surface area (Å²) in [5, 5.41) is 3.41. The van der Waals surface area contributed by atoms with E-state index in [9.17, 15) is 4.79 Å². The number of amides is 1. The molecule has 0 saturated carbocycles. The van der Waals surface area contributed by atoms with Crippen molar-refractivity contribution >= 4 is 11.5 Å². The highest BCUT2D eigenvalue weighted by Crippen LogP contribution is 2.43. The van der Waals surface area contributed by atoms with Gasteiger partial charge in [-0.05, 0) is 62.9 Å². The van der Waals surface area contributed by atoms with E-state index in [4.69, 9.17) is 9.47 Å². The summed E-state index contributed by atoms with van der Waals surface area (Å²) in [5.74, 6) is 1.61. The maximum atomic E-state index is 12.6. The van der Waals surface area contributed by atoms with Crippen LogP contribution in [0.25, 0.3) is 5.57 Å². The van der Waals surface area contributed by atoms with Crippen molar-refractivity contribution in [3.8, 4) is 11.5 Å². The van der Waals surface area contributed by atoms with Crippen LogP contribution in [0.15, 0.2) is 42.6 Å². The predicted octanol–water partition coefficient (Wildman–Crippen LogP) is 3.52. The number of methoxy groups -OCH3 is 1. The van der Waals surface area contributed by atoms with Crippen LogP contribution >= 0.6 is 0 Å². The number of nitrogens with one attached hydrogen (secondary N) is 1. The van der Waals surface area contributed by atoms with Crippen molar-refractivity contribution in [2.75, 3.05) is 33.3 Å². The molecule has 3 heterocycles. The lowest BCUT2D eigenvalue weighted by Gasteiger charge is -2.40. The molecule has 2 aromatic rings. The van der Waals surface area contributed by atoms with Crippen molar-refractivity contribution in [1.82, 2.24) is 15.2 Å². The Morgan fingerprint density at radius 2 is 1.97 bits per heavy atom. The number of nitrogens with zero attached hydrogens (tertiary/aromatic N) is 2. The number of rotatable bonds is 5. The molecule has 2 aliphatic rings. The molecular formula is C24H29N3O3. The first-order valence-electron chi connectivity index (χ1n) is 10.7. The zero-order valence-electron chi connectivity index (χ0n) is 17.9. The van der Waals surface area contributed by atoms with Crippen LogP contribution in [0.3, 0.4) is 0 Å². The van der Waals surface area contributed by atoms with E-state index in [0.29, 0.717) is 18.8 Å². The van der Waals surface area contributed by atoms with E-state index in [1.54, 1.807) is 18.2 Å². The summed E-state index contributed by atoms with van der Waals surface area (Å²) in [7, 11) is 1.66. The number of piperidine rings is 1. The van der Waals surface area contributed by atoms with Crippen molar-refractivity contribution in [3.63, 3.8) is 0 Å². The minimum atomic E-state index is -0.322. The molecule has 158 valence electrons. The van der Waals surface area contributed by atoms with E-state index >= 15 is 0 Å². The minimum Gasteiger partial charge on any atom is -0.497 e. The van der Waals surface area contributed by atoms with Gasteiger partial charge in [-0.1, -0.05) is 6.07 Å². The third-order valence-electron chi connectivity index (χ3n) is 5.99. The van der Waals surface area contributed by atoms with Crippen LogP contribution in [0, 0.1) is 0 Å². The predicted molar refractivity (Wildman–Crippen MR) is 117 cm³/mol. The third-order valence-corrected chi connectivity index (χ3v) is 5.99. The van der Waals surface area contributed by atoms with Crippen LogP contribution in [-0.2, 0) is 0 Å². The van der Waals surface area contributed by atoms with Crippen LogP contribution in [0.5, 0.6) is 11.5 Å². The number of carbonyl (C=O) groups is 1. The van der Waals surface area contributed by atoms with Gasteiger partial charge in [-0.25, -0.2) is 0 Å². The number of fused-ring (bicyclic) bond motifs is 1. The fourth-order valence-corrected chi connectivity index (χ4v) is 4.21. The first kappa shape index (κ1) is 20.4. The summed E-state index contributed by atoms with van der Waals surface area (Å²) < 4.78 is 11.9. The number of hydrogen-bond acceptors (Lipinski definition) is 5. The maximum Gasteiger partial charge on any atom is 0.272 e. The molecule has 2 aliphatic heterocycles. The van der Waals surface area contributed by atoms with Gasteiger partial charge in [-0.3, -0.25) is 9.78 Å². The quantitative estimate of drug-likeness (QED) is 0.822. The standard InChI is InChI=1S/C24H29N3O3/c1-4-27(5-2)23(28)21-8-6-17(16-26-21)20-15-24(10-12-25-13-11-24)30-22-9-7-18(29-3)14-19(20)22/h6-9,14-16,25H,4-5,10-13H2,1-3H3. The molecule has 4 rings (SSSR count). The molecule has 30 heavy (non-hydrogen) atoms. The molecule has 1 aromatic carbocycles. The van der Waals surface area contributed by atoms with Gasteiger partial charge in [0, 0.05) is 43.3 Å². The zero-order valence-corrected chi connectivity index (χ0v) is 17.9. The Kier molecular flexibility index (Phi) is 5.77. The molecule has 0 unspecified atom stereocenters. The monoisotopic (exact) mass is 407 g/mol. The summed E-state index contributed by atoms with van der Waals surface area (Å²) in [6, 6.07) is 9.72. The molecule has 0 radical (unpaired) electrons. The van der Waals surface area contributed by atoms with Gasteiger partial charge in [0.05, 0.1) is 7.11 Å². The smallest absolute Gasteiger partial charge is 0.272 e. The lowest BCUT2D eigenvalue weighted by Crippen LogP contribution is -2.46. The average Bonchev–Trinajstić information content (AvgIpc) is 2.79. The molecule has 0 aliphatic carbocycles. The van der Waals surface area contributed by atoms with Crippen molar-refractivity contribution < 1.29 is 14.3 Å². The van der Waals surface area contributed by atoms with Crippen LogP contribution in [0.2, 0.25) is 0 Å². The molecule has 1 amide bonds. The fourth-order valence-electron chi connectivity index (χ4n) is 4.21. The van der Waals surface area contributed by atoms with Gasteiger partial charge in [0.2, 0.25) is 0 Å². The molecule has 1 aromatic heterocycles. The summed E-state index contributed by atoms with van der Waals surface area (Å²) in [5.41, 5.74) is 3.19. The highest BCUT2D eigenvalue weighted by atomic mass is 16.5. The first-order valence-corrected chi connectivity index (χ1v) is 10.7. The molecule has 0 bridgehead atoms. The number of ether oxygens (including phenoxy) is 2. The second-order valence-corrected chi connectivity index (χ2v) is 7.75. The number of aromatic nitrogens is 1. The second kappa shape index (κ2) is 8.48. The molecular weight excluding hydrogens is 378 g/mol. The number of benzene rings is 1. The highest BCUT2D eigenvalue weighted by Gasteiger charge is 2.37. The number of hydrogen-bond donors (Lipinski definition) is 1. The van der Waals surface area contributed by atoms with Crippen molar-refractivity contribution in [1.29, 1.82) is 0 Å². The lowest BCUT2D eigenvalue weighted by molar-refractivity contribution is 0.0766. The Morgan fingerprint density at radius 1 is 1.20 bits per heavy atom. The molecule has 6 heteroatoms. The van der Waals surface area contributed by atoms with E-state index in [1.165, 1.54) is 0 Å². The van der Waals surface area contributed by atoms with Crippen molar-refractivity contribution in [3.05, 3.63) is 59.4 Å². The van der Waals surface area contributed by atoms with Gasteiger partial charge in [0.1, 0.15) is 22.8 Å². The van der Waals surface area contributed by atoms with Gasteiger partial charge in [0.25, 0.3) is 5.91 Å². The fraction of sp³-hybridized carbons (Fsp3) is 0.417. The van der Waals surface area contributed by atoms with E-state index < -0.39 is 0 Å². The minimum absolute atomic E-state index is 0.0376. The molecule has 1 N–H and O–H groups in total. The first-order chi connectivity index (χ1) is 14.6.